The van der Waals surface area contributed by atoms with Crippen molar-refractivity contribution in [3.05, 3.63) is 64.7 Å². The average Bonchev–Trinajstić information content (AvgIpc) is 2.46. The quantitative estimate of drug-likeness (QED) is 0.937. The molecule has 0 unspecified atom stereocenters. The minimum absolute atomic E-state index is 0.0467. The summed E-state index contributed by atoms with van der Waals surface area (Å²) in [5, 5.41) is 8.75. The van der Waals surface area contributed by atoms with Crippen LogP contribution >= 0.6 is 0 Å². The van der Waals surface area contributed by atoms with E-state index in [1.54, 1.807) is 25.1 Å². The molecule has 3 nitrogen and oxygen atoms in total. The SMILES string of the molecule is C[C@H](N)c1ccc(OCc2ccc(F)c(C#N)c2)cc1F. The lowest BCUT2D eigenvalue weighted by molar-refractivity contribution is 0.304. The smallest absolute Gasteiger partial charge is 0.140 e. The highest BCUT2D eigenvalue weighted by molar-refractivity contribution is 5.35. The van der Waals surface area contributed by atoms with E-state index in [4.69, 9.17) is 15.7 Å². The third-order valence-corrected chi connectivity index (χ3v) is 3.02. The molecule has 0 spiro atoms. The number of ether oxygens (including phenoxy) is 1. The van der Waals surface area contributed by atoms with Gasteiger partial charge in [0.15, 0.2) is 0 Å². The van der Waals surface area contributed by atoms with E-state index in [1.807, 2.05) is 0 Å². The number of rotatable bonds is 4. The van der Waals surface area contributed by atoms with Crippen molar-refractivity contribution in [3.8, 4) is 11.8 Å². The van der Waals surface area contributed by atoms with Gasteiger partial charge in [0.05, 0.1) is 5.56 Å². The Morgan fingerprint density at radius 1 is 1.19 bits per heavy atom. The van der Waals surface area contributed by atoms with Crippen molar-refractivity contribution < 1.29 is 13.5 Å². The Kier molecular flexibility index (Phi) is 4.51. The zero-order valence-electron chi connectivity index (χ0n) is 11.4. The van der Waals surface area contributed by atoms with Gasteiger partial charge in [-0.15, -0.1) is 0 Å². The van der Waals surface area contributed by atoms with E-state index in [2.05, 4.69) is 0 Å². The number of nitriles is 1. The van der Waals surface area contributed by atoms with Crippen LogP contribution in [0.5, 0.6) is 5.75 Å². The largest absolute Gasteiger partial charge is 0.489 e. The third kappa shape index (κ3) is 3.56. The lowest BCUT2D eigenvalue weighted by atomic mass is 10.1. The summed E-state index contributed by atoms with van der Waals surface area (Å²) in [4.78, 5) is 0. The Bertz CT molecular complexity index is 693. The van der Waals surface area contributed by atoms with Crippen LogP contribution in [0.15, 0.2) is 36.4 Å². The lowest BCUT2D eigenvalue weighted by Crippen LogP contribution is -2.07. The van der Waals surface area contributed by atoms with Crippen LogP contribution in [-0.4, -0.2) is 0 Å². The normalized spacial score (nSPS) is 11.8. The molecule has 0 aromatic heterocycles. The highest BCUT2D eigenvalue weighted by Gasteiger charge is 2.09. The van der Waals surface area contributed by atoms with Crippen molar-refractivity contribution in [2.24, 2.45) is 5.73 Å². The van der Waals surface area contributed by atoms with E-state index in [0.717, 1.165) is 0 Å². The van der Waals surface area contributed by atoms with E-state index < -0.39 is 17.7 Å². The van der Waals surface area contributed by atoms with Gasteiger partial charge in [0, 0.05) is 17.7 Å². The molecule has 0 aliphatic rings. The number of halogens is 2. The number of hydrogen-bond donors (Lipinski definition) is 1. The van der Waals surface area contributed by atoms with Crippen molar-refractivity contribution in [3.63, 3.8) is 0 Å². The fourth-order valence-corrected chi connectivity index (χ4v) is 1.88. The molecule has 0 aliphatic heterocycles. The minimum Gasteiger partial charge on any atom is -0.489 e. The van der Waals surface area contributed by atoms with E-state index >= 15 is 0 Å². The molecule has 0 amide bonds. The molecule has 0 bridgehead atoms. The summed E-state index contributed by atoms with van der Waals surface area (Å²) in [6.07, 6.45) is 0. The first-order valence-corrected chi connectivity index (χ1v) is 6.37. The molecule has 2 N–H and O–H groups in total. The van der Waals surface area contributed by atoms with Crippen molar-refractivity contribution >= 4 is 0 Å². The molecule has 2 aromatic rings. The van der Waals surface area contributed by atoms with Gasteiger partial charge in [0.1, 0.15) is 30.1 Å². The lowest BCUT2D eigenvalue weighted by Gasteiger charge is -2.10. The molecule has 0 saturated carbocycles. The molecular weight excluding hydrogens is 274 g/mol. The van der Waals surface area contributed by atoms with Crippen molar-refractivity contribution in [1.29, 1.82) is 5.26 Å². The van der Waals surface area contributed by atoms with Crippen molar-refractivity contribution in [2.75, 3.05) is 0 Å². The number of benzene rings is 2. The summed E-state index contributed by atoms with van der Waals surface area (Å²) in [5.74, 6) is -0.660. The summed E-state index contributed by atoms with van der Waals surface area (Å²) in [6, 6.07) is 9.94. The van der Waals surface area contributed by atoms with Crippen LogP contribution in [0.25, 0.3) is 0 Å². The molecule has 5 heteroatoms. The van der Waals surface area contributed by atoms with Gasteiger partial charge < -0.3 is 10.5 Å². The van der Waals surface area contributed by atoms with Gasteiger partial charge in [-0.3, -0.25) is 0 Å². The van der Waals surface area contributed by atoms with Crippen LogP contribution in [-0.2, 0) is 6.61 Å². The standard InChI is InChI=1S/C16H14F2N2O/c1-10(20)14-4-3-13(7-16(14)18)21-9-11-2-5-15(17)12(6-11)8-19/h2-7,10H,9,20H2,1H3/t10-/m0/s1. The maximum atomic E-state index is 13.7. The fourth-order valence-electron chi connectivity index (χ4n) is 1.88. The zero-order valence-corrected chi connectivity index (χ0v) is 11.4. The van der Waals surface area contributed by atoms with Crippen LogP contribution in [0, 0.1) is 23.0 Å². The summed E-state index contributed by atoms with van der Waals surface area (Å²) in [6.45, 7) is 1.81. The summed E-state index contributed by atoms with van der Waals surface area (Å²) < 4.78 is 32.4. The van der Waals surface area contributed by atoms with Gasteiger partial charge in [-0.25, -0.2) is 8.78 Å². The number of hydrogen-bond acceptors (Lipinski definition) is 3. The predicted octanol–water partition coefficient (Wildman–Crippen LogP) is 3.44. The van der Waals surface area contributed by atoms with Gasteiger partial charge in [0.25, 0.3) is 0 Å². The molecule has 0 heterocycles. The second-order valence-corrected chi connectivity index (χ2v) is 4.69. The Morgan fingerprint density at radius 2 is 1.95 bits per heavy atom. The van der Waals surface area contributed by atoms with Crippen LogP contribution in [0.4, 0.5) is 8.78 Å². The van der Waals surface area contributed by atoms with Crippen LogP contribution in [0.3, 0.4) is 0 Å². The Hall–Kier alpha value is -2.45. The van der Waals surface area contributed by atoms with E-state index in [0.29, 0.717) is 16.9 Å². The van der Waals surface area contributed by atoms with Gasteiger partial charge in [-0.05, 0) is 30.7 Å². The summed E-state index contributed by atoms with van der Waals surface area (Å²) in [7, 11) is 0. The van der Waals surface area contributed by atoms with E-state index in [1.165, 1.54) is 24.3 Å². The molecule has 1 atom stereocenters. The Balaban J connectivity index is 2.10. The average molecular weight is 288 g/mol. The van der Waals surface area contributed by atoms with Gasteiger partial charge in [-0.2, -0.15) is 5.26 Å². The van der Waals surface area contributed by atoms with Crippen LogP contribution < -0.4 is 10.5 Å². The molecule has 108 valence electrons. The monoisotopic (exact) mass is 288 g/mol. The van der Waals surface area contributed by atoms with Crippen molar-refractivity contribution in [2.45, 2.75) is 19.6 Å². The maximum absolute atomic E-state index is 13.7. The first-order valence-electron chi connectivity index (χ1n) is 6.37. The topological polar surface area (TPSA) is 59.0 Å². The molecule has 2 aromatic carbocycles. The van der Waals surface area contributed by atoms with Gasteiger partial charge in [0.2, 0.25) is 0 Å². The number of nitrogens with two attached hydrogens (primary N) is 1. The minimum atomic E-state index is -0.575. The predicted molar refractivity (Wildman–Crippen MR) is 74.4 cm³/mol. The second-order valence-electron chi connectivity index (χ2n) is 4.69. The third-order valence-electron chi connectivity index (χ3n) is 3.02. The Morgan fingerprint density at radius 3 is 2.57 bits per heavy atom. The zero-order chi connectivity index (χ0) is 15.4. The van der Waals surface area contributed by atoms with E-state index in [9.17, 15) is 8.78 Å². The number of nitrogens with zero attached hydrogens (tertiary/aromatic N) is 1. The van der Waals surface area contributed by atoms with Gasteiger partial charge >= 0.3 is 0 Å². The summed E-state index contributed by atoms with van der Waals surface area (Å²) >= 11 is 0. The fraction of sp³-hybridized carbons (Fsp3) is 0.188. The molecule has 0 saturated heterocycles. The molecule has 21 heavy (non-hydrogen) atoms. The summed E-state index contributed by atoms with van der Waals surface area (Å²) in [5.41, 5.74) is 6.62. The molecule has 0 radical (unpaired) electrons. The molecule has 2 rings (SSSR count). The van der Waals surface area contributed by atoms with Gasteiger partial charge in [-0.1, -0.05) is 12.1 Å². The van der Waals surface area contributed by atoms with Crippen LogP contribution in [0.1, 0.15) is 29.7 Å². The Labute approximate surface area is 121 Å². The second kappa shape index (κ2) is 6.33. The van der Waals surface area contributed by atoms with Crippen LogP contribution in [0.2, 0.25) is 0 Å². The van der Waals surface area contributed by atoms with Crippen molar-refractivity contribution in [1.82, 2.24) is 0 Å². The molecular formula is C16H14F2N2O. The maximum Gasteiger partial charge on any atom is 0.140 e. The van der Waals surface area contributed by atoms with E-state index in [-0.39, 0.29) is 12.2 Å². The highest BCUT2D eigenvalue weighted by Crippen LogP contribution is 2.21. The molecule has 0 aliphatic carbocycles. The first kappa shape index (κ1) is 14.9. The first-order chi connectivity index (χ1) is 10.0. The highest BCUT2D eigenvalue weighted by atomic mass is 19.1. The molecule has 0 fully saturated rings.